The average molecular weight is 520 g/mol. The van der Waals surface area contributed by atoms with Gasteiger partial charge in [-0.2, -0.15) is 0 Å². The van der Waals surface area contributed by atoms with E-state index >= 15 is 0 Å². The van der Waals surface area contributed by atoms with Crippen molar-refractivity contribution in [3.63, 3.8) is 0 Å². The molecule has 1 N–H and O–H groups in total. The molecule has 39 heavy (non-hydrogen) atoms. The second-order valence-corrected chi connectivity index (χ2v) is 9.80. The fraction of sp³-hybridized carbons (Fsp3) is 0.219. The maximum absolute atomic E-state index is 13.7. The lowest BCUT2D eigenvalue weighted by Gasteiger charge is -2.38. The van der Waals surface area contributed by atoms with E-state index < -0.39 is 0 Å². The van der Waals surface area contributed by atoms with Crippen LogP contribution in [0, 0.1) is 0 Å². The van der Waals surface area contributed by atoms with E-state index in [0.717, 1.165) is 28.0 Å². The number of aromatic nitrogens is 1. The van der Waals surface area contributed by atoms with E-state index in [4.69, 9.17) is 9.47 Å². The summed E-state index contributed by atoms with van der Waals surface area (Å²) in [5.74, 6) is 1.77. The van der Waals surface area contributed by atoms with Gasteiger partial charge >= 0.3 is 0 Å². The predicted molar refractivity (Wildman–Crippen MR) is 147 cm³/mol. The lowest BCUT2D eigenvalue weighted by Crippen LogP contribution is -2.41. The smallest absolute Gasteiger partial charge is 0.252 e. The number of hydrogen-bond acceptors (Lipinski definition) is 5. The molecule has 1 aromatic heterocycles. The molecule has 1 atom stereocenters. The molecule has 7 heteroatoms. The number of hydrogen-bond donors (Lipinski definition) is 1. The first kappa shape index (κ1) is 24.7. The van der Waals surface area contributed by atoms with Gasteiger partial charge in [0.1, 0.15) is 17.2 Å². The number of amides is 2. The third-order valence-electron chi connectivity index (χ3n) is 7.12. The summed E-state index contributed by atoms with van der Waals surface area (Å²) in [5, 5.41) is 2.91. The van der Waals surface area contributed by atoms with Gasteiger partial charge in [-0.05, 0) is 65.4 Å². The predicted octanol–water partition coefficient (Wildman–Crippen LogP) is 5.10. The van der Waals surface area contributed by atoms with Crippen LogP contribution >= 0.6 is 0 Å². The van der Waals surface area contributed by atoms with E-state index in [1.54, 1.807) is 12.3 Å². The number of carbonyl (C=O) groups is 2. The first-order chi connectivity index (χ1) is 19.1. The van der Waals surface area contributed by atoms with Crippen molar-refractivity contribution in [3.8, 4) is 17.2 Å². The first-order valence-corrected chi connectivity index (χ1v) is 13.2. The summed E-state index contributed by atoms with van der Waals surface area (Å²) < 4.78 is 12.2. The number of benzene rings is 3. The van der Waals surface area contributed by atoms with Crippen LogP contribution in [-0.2, 0) is 17.6 Å². The molecule has 1 unspecified atom stereocenters. The third-order valence-corrected chi connectivity index (χ3v) is 7.12. The zero-order valence-electron chi connectivity index (χ0n) is 21.5. The quantitative estimate of drug-likeness (QED) is 0.399. The van der Waals surface area contributed by atoms with Crippen LogP contribution in [0.1, 0.15) is 45.1 Å². The summed E-state index contributed by atoms with van der Waals surface area (Å²) in [4.78, 5) is 32.4. The van der Waals surface area contributed by atoms with Crippen LogP contribution in [0.5, 0.6) is 17.2 Å². The van der Waals surface area contributed by atoms with Gasteiger partial charge in [0, 0.05) is 19.3 Å². The van der Waals surface area contributed by atoms with Crippen molar-refractivity contribution in [3.05, 3.63) is 119 Å². The maximum Gasteiger partial charge on any atom is 0.252 e. The Balaban J connectivity index is 1.39. The third kappa shape index (κ3) is 5.48. The minimum absolute atomic E-state index is 0.0873. The average Bonchev–Trinajstić information content (AvgIpc) is 2.96. The van der Waals surface area contributed by atoms with Crippen molar-refractivity contribution in [1.29, 1.82) is 0 Å². The largest absolute Gasteiger partial charge is 0.494 e. The molecular weight excluding hydrogens is 490 g/mol. The SMILES string of the molecule is O=C1NCCCOc2cccc(c2)C2c3ccc(cc3CCN2C(=O)Cc2ccccc2)Oc2cncc1c2. The molecule has 0 saturated heterocycles. The monoisotopic (exact) mass is 519 g/mol. The van der Waals surface area contributed by atoms with Gasteiger partial charge in [0.2, 0.25) is 5.91 Å². The Morgan fingerprint density at radius 3 is 2.74 bits per heavy atom. The second-order valence-electron chi connectivity index (χ2n) is 9.80. The van der Waals surface area contributed by atoms with Crippen LogP contribution in [0.25, 0.3) is 0 Å². The Labute approximate surface area is 227 Å². The number of pyridine rings is 1. The second kappa shape index (κ2) is 11.0. The molecule has 0 aliphatic carbocycles. The number of nitrogens with zero attached hydrogens (tertiary/aromatic N) is 2. The number of carbonyl (C=O) groups excluding carboxylic acids is 2. The summed E-state index contributed by atoms with van der Waals surface area (Å²) in [6.07, 6.45) is 4.83. The van der Waals surface area contributed by atoms with E-state index in [2.05, 4.69) is 16.4 Å². The molecule has 0 fully saturated rings. The molecule has 0 radical (unpaired) electrons. The highest BCUT2D eigenvalue weighted by Gasteiger charge is 2.32. The Morgan fingerprint density at radius 2 is 1.85 bits per heavy atom. The molecule has 4 aromatic rings. The molecule has 4 heterocycles. The summed E-state index contributed by atoms with van der Waals surface area (Å²) in [6, 6.07) is 25.3. The highest BCUT2D eigenvalue weighted by Crippen LogP contribution is 2.39. The van der Waals surface area contributed by atoms with Crippen molar-refractivity contribution in [1.82, 2.24) is 15.2 Å². The van der Waals surface area contributed by atoms with Crippen LogP contribution in [0.15, 0.2) is 91.3 Å². The number of rotatable bonds is 2. The van der Waals surface area contributed by atoms with Crippen LogP contribution < -0.4 is 14.8 Å². The van der Waals surface area contributed by atoms with Crippen molar-refractivity contribution in [2.45, 2.75) is 25.3 Å². The van der Waals surface area contributed by atoms with Gasteiger partial charge in [-0.3, -0.25) is 14.6 Å². The molecule has 0 saturated carbocycles. The standard InChI is InChI=1S/C32H29N3O4/c36-30(16-22-6-2-1-3-7-22)35-14-12-23-17-27-10-11-29(23)31(35)24-8-4-9-26(18-24)38-15-5-13-34-32(37)25-19-28(39-27)21-33-20-25/h1-4,6-11,17-21,31H,5,12-16H2,(H,34,37). The molecule has 2 amide bonds. The van der Waals surface area contributed by atoms with Gasteiger partial charge in [0.25, 0.3) is 5.91 Å². The van der Waals surface area contributed by atoms with Crippen LogP contribution in [0.3, 0.4) is 0 Å². The first-order valence-electron chi connectivity index (χ1n) is 13.2. The normalized spacial score (nSPS) is 16.8. The maximum atomic E-state index is 13.7. The number of nitrogens with one attached hydrogen (secondary N) is 1. The highest BCUT2D eigenvalue weighted by molar-refractivity contribution is 5.94. The number of ether oxygens (including phenoxy) is 2. The van der Waals surface area contributed by atoms with E-state index in [1.165, 1.54) is 6.20 Å². The molecule has 3 aliphatic heterocycles. The van der Waals surface area contributed by atoms with Crippen molar-refractivity contribution in [2.75, 3.05) is 19.7 Å². The molecule has 8 bridgehead atoms. The minimum Gasteiger partial charge on any atom is -0.494 e. The lowest BCUT2D eigenvalue weighted by molar-refractivity contribution is -0.132. The Hall–Kier alpha value is -4.65. The zero-order chi connectivity index (χ0) is 26.6. The molecular formula is C32H29N3O4. The molecule has 196 valence electrons. The van der Waals surface area contributed by atoms with E-state index in [1.807, 2.05) is 71.6 Å². The summed E-state index contributed by atoms with van der Waals surface area (Å²) in [5.41, 5.74) is 4.62. The van der Waals surface area contributed by atoms with Crippen LogP contribution in [0.4, 0.5) is 0 Å². The number of fused-ring (bicyclic) bond motifs is 6. The molecule has 7 rings (SSSR count). The van der Waals surface area contributed by atoms with Gasteiger partial charge in [-0.15, -0.1) is 0 Å². The van der Waals surface area contributed by atoms with Gasteiger partial charge in [-0.1, -0.05) is 48.5 Å². The van der Waals surface area contributed by atoms with E-state index in [0.29, 0.717) is 56.0 Å². The van der Waals surface area contributed by atoms with Gasteiger partial charge < -0.3 is 19.7 Å². The van der Waals surface area contributed by atoms with Crippen molar-refractivity contribution in [2.24, 2.45) is 0 Å². The molecule has 3 aliphatic rings. The van der Waals surface area contributed by atoms with Crippen molar-refractivity contribution < 1.29 is 19.1 Å². The van der Waals surface area contributed by atoms with Crippen LogP contribution in [-0.4, -0.2) is 41.4 Å². The fourth-order valence-corrected chi connectivity index (χ4v) is 5.24. The topological polar surface area (TPSA) is 80.8 Å². The van der Waals surface area contributed by atoms with E-state index in [9.17, 15) is 9.59 Å². The van der Waals surface area contributed by atoms with Gasteiger partial charge in [0.05, 0.1) is 30.8 Å². The molecule has 7 nitrogen and oxygen atoms in total. The highest BCUT2D eigenvalue weighted by atomic mass is 16.5. The Morgan fingerprint density at radius 1 is 0.949 bits per heavy atom. The van der Waals surface area contributed by atoms with Crippen LogP contribution in [0.2, 0.25) is 0 Å². The van der Waals surface area contributed by atoms with Gasteiger partial charge in [-0.25, -0.2) is 0 Å². The fourth-order valence-electron chi connectivity index (χ4n) is 5.24. The molecule has 0 spiro atoms. The Kier molecular flexibility index (Phi) is 6.95. The lowest BCUT2D eigenvalue weighted by atomic mass is 9.87. The van der Waals surface area contributed by atoms with E-state index in [-0.39, 0.29) is 17.9 Å². The Bertz CT molecular complexity index is 1500. The zero-order valence-corrected chi connectivity index (χ0v) is 21.5. The summed E-state index contributed by atoms with van der Waals surface area (Å²) in [7, 11) is 0. The molecule has 3 aromatic carbocycles. The van der Waals surface area contributed by atoms with Crippen molar-refractivity contribution >= 4 is 11.8 Å². The summed E-state index contributed by atoms with van der Waals surface area (Å²) in [6.45, 7) is 1.51. The van der Waals surface area contributed by atoms with Gasteiger partial charge in [0.15, 0.2) is 0 Å². The minimum atomic E-state index is -0.245. The summed E-state index contributed by atoms with van der Waals surface area (Å²) >= 11 is 0.